The molecule has 0 saturated carbocycles. The second-order valence-corrected chi connectivity index (χ2v) is 7.01. The number of hydrogen-bond donors (Lipinski definition) is 1. The van der Waals surface area contributed by atoms with E-state index in [0.717, 1.165) is 35.6 Å². The van der Waals surface area contributed by atoms with Crippen LogP contribution in [0.5, 0.6) is 0 Å². The Kier molecular flexibility index (Phi) is 5.27. The lowest BCUT2D eigenvalue weighted by molar-refractivity contribution is 0.724. The second-order valence-electron chi connectivity index (χ2n) is 6.20. The number of nitrogens with zero attached hydrogens (tertiary/aromatic N) is 1. The summed E-state index contributed by atoms with van der Waals surface area (Å²) in [6, 6.07) is 16.3. The van der Waals surface area contributed by atoms with Crippen molar-refractivity contribution in [2.24, 2.45) is 0 Å². The van der Waals surface area contributed by atoms with Crippen LogP contribution in [0, 0.1) is 6.92 Å². The summed E-state index contributed by atoms with van der Waals surface area (Å²) in [5, 5.41) is 1.16. The van der Waals surface area contributed by atoms with Crippen LogP contribution < -0.4 is 0 Å². The molecule has 24 heavy (non-hydrogen) atoms. The molecule has 2 aromatic carbocycles. The van der Waals surface area contributed by atoms with Crippen molar-refractivity contribution >= 4 is 23.2 Å². The van der Waals surface area contributed by atoms with Crippen LogP contribution in [-0.2, 0) is 12.8 Å². The van der Waals surface area contributed by atoms with Crippen molar-refractivity contribution in [1.82, 2.24) is 9.97 Å². The Morgan fingerprint density at radius 2 is 1.79 bits per heavy atom. The normalized spacial score (nSPS) is 12.3. The summed E-state index contributed by atoms with van der Waals surface area (Å²) in [6.45, 7) is 4.29. The Bertz CT molecular complexity index is 825. The van der Waals surface area contributed by atoms with Gasteiger partial charge < -0.3 is 4.98 Å². The summed E-state index contributed by atoms with van der Waals surface area (Å²) in [6.07, 6.45) is 1.64. The second kappa shape index (κ2) is 7.42. The van der Waals surface area contributed by atoms with Crippen molar-refractivity contribution in [3.8, 4) is 0 Å². The molecular weight excluding hydrogens is 339 g/mol. The third kappa shape index (κ3) is 4.00. The minimum Gasteiger partial charge on any atom is -0.346 e. The molecular formula is C20H20Cl2N2. The lowest BCUT2D eigenvalue weighted by Crippen LogP contribution is -2.00. The predicted molar refractivity (Wildman–Crippen MR) is 101 cm³/mol. The monoisotopic (exact) mass is 358 g/mol. The highest BCUT2D eigenvalue weighted by atomic mass is 35.5. The van der Waals surface area contributed by atoms with Gasteiger partial charge in [0, 0.05) is 18.5 Å². The molecule has 3 rings (SSSR count). The van der Waals surface area contributed by atoms with Crippen LogP contribution in [0.3, 0.4) is 0 Å². The summed E-state index contributed by atoms with van der Waals surface area (Å²) in [7, 11) is 0. The van der Waals surface area contributed by atoms with Crippen LogP contribution in [0.1, 0.15) is 41.2 Å². The zero-order valence-electron chi connectivity index (χ0n) is 13.8. The van der Waals surface area contributed by atoms with E-state index in [1.54, 1.807) is 0 Å². The molecule has 3 aromatic rings. The average Bonchev–Trinajstić information content (AvgIpc) is 2.91. The van der Waals surface area contributed by atoms with Gasteiger partial charge in [0.05, 0.1) is 15.7 Å². The SMILES string of the molecule is Cc1[nH]c(CC(C)c2ccccc2)nc1Cc1ccc(Cl)c(Cl)c1. The number of H-pyrrole nitrogens is 1. The molecule has 1 N–H and O–H groups in total. The van der Waals surface area contributed by atoms with E-state index in [0.29, 0.717) is 16.0 Å². The molecule has 0 aliphatic heterocycles. The smallest absolute Gasteiger partial charge is 0.107 e. The van der Waals surface area contributed by atoms with Gasteiger partial charge in [0.25, 0.3) is 0 Å². The molecule has 1 atom stereocenters. The first-order valence-electron chi connectivity index (χ1n) is 8.06. The van der Waals surface area contributed by atoms with Gasteiger partial charge in [-0.15, -0.1) is 0 Å². The Morgan fingerprint density at radius 3 is 2.50 bits per heavy atom. The molecule has 0 aliphatic rings. The molecule has 0 fully saturated rings. The molecule has 1 aromatic heterocycles. The van der Waals surface area contributed by atoms with E-state index < -0.39 is 0 Å². The van der Waals surface area contributed by atoms with E-state index in [2.05, 4.69) is 43.1 Å². The first-order chi connectivity index (χ1) is 11.5. The molecule has 0 bridgehead atoms. The number of imidazole rings is 1. The Labute approximate surface area is 152 Å². The van der Waals surface area contributed by atoms with E-state index in [1.165, 1.54) is 5.56 Å². The summed E-state index contributed by atoms with van der Waals surface area (Å²) >= 11 is 12.1. The maximum atomic E-state index is 6.10. The topological polar surface area (TPSA) is 28.7 Å². The number of benzene rings is 2. The average molecular weight is 359 g/mol. The van der Waals surface area contributed by atoms with E-state index >= 15 is 0 Å². The highest BCUT2D eigenvalue weighted by Crippen LogP contribution is 2.25. The fourth-order valence-corrected chi connectivity index (χ4v) is 3.19. The minimum atomic E-state index is 0.426. The molecule has 0 spiro atoms. The Morgan fingerprint density at radius 1 is 1.04 bits per heavy atom. The van der Waals surface area contributed by atoms with Gasteiger partial charge in [-0.05, 0) is 36.1 Å². The minimum absolute atomic E-state index is 0.426. The molecule has 1 heterocycles. The maximum Gasteiger partial charge on any atom is 0.107 e. The van der Waals surface area contributed by atoms with Gasteiger partial charge in [0.2, 0.25) is 0 Å². The van der Waals surface area contributed by atoms with Crippen molar-refractivity contribution in [2.75, 3.05) is 0 Å². The third-order valence-electron chi connectivity index (χ3n) is 4.26. The highest BCUT2D eigenvalue weighted by Gasteiger charge is 2.12. The van der Waals surface area contributed by atoms with Crippen LogP contribution >= 0.6 is 23.2 Å². The molecule has 0 radical (unpaired) electrons. The van der Waals surface area contributed by atoms with Crippen LogP contribution in [0.15, 0.2) is 48.5 Å². The molecule has 1 unspecified atom stereocenters. The Hall–Kier alpha value is -1.77. The van der Waals surface area contributed by atoms with E-state index in [-0.39, 0.29) is 0 Å². The maximum absolute atomic E-state index is 6.10. The van der Waals surface area contributed by atoms with Gasteiger partial charge in [0.1, 0.15) is 5.82 Å². The largest absolute Gasteiger partial charge is 0.346 e. The van der Waals surface area contributed by atoms with E-state index in [1.807, 2.05) is 24.3 Å². The number of aryl methyl sites for hydroxylation is 1. The van der Waals surface area contributed by atoms with Gasteiger partial charge in [0.15, 0.2) is 0 Å². The number of halogens is 2. The summed E-state index contributed by atoms with van der Waals surface area (Å²) < 4.78 is 0. The summed E-state index contributed by atoms with van der Waals surface area (Å²) in [5.74, 6) is 1.45. The standard InChI is InChI=1S/C20H20Cl2N2/c1-13(16-6-4-3-5-7-16)10-20-23-14(2)19(24-20)12-15-8-9-17(21)18(22)11-15/h3-9,11,13H,10,12H2,1-2H3,(H,23,24). The summed E-state index contributed by atoms with van der Waals surface area (Å²) in [5.41, 5.74) is 4.61. The van der Waals surface area contributed by atoms with Crippen LogP contribution in [-0.4, -0.2) is 9.97 Å². The first-order valence-corrected chi connectivity index (χ1v) is 8.81. The van der Waals surface area contributed by atoms with Gasteiger partial charge in [-0.1, -0.05) is 66.5 Å². The lowest BCUT2D eigenvalue weighted by atomic mass is 9.98. The molecule has 0 amide bonds. The Balaban J connectivity index is 1.74. The number of aromatic nitrogens is 2. The zero-order chi connectivity index (χ0) is 17.1. The molecule has 124 valence electrons. The predicted octanol–water partition coefficient (Wildman–Crippen LogP) is 5.96. The number of rotatable bonds is 5. The molecule has 4 heteroatoms. The molecule has 0 saturated heterocycles. The fourth-order valence-electron chi connectivity index (χ4n) is 2.86. The van der Waals surface area contributed by atoms with Gasteiger partial charge in [-0.2, -0.15) is 0 Å². The number of nitrogens with one attached hydrogen (secondary N) is 1. The van der Waals surface area contributed by atoms with E-state index in [9.17, 15) is 0 Å². The van der Waals surface area contributed by atoms with Crippen molar-refractivity contribution in [3.63, 3.8) is 0 Å². The summed E-state index contributed by atoms with van der Waals surface area (Å²) in [4.78, 5) is 8.21. The zero-order valence-corrected chi connectivity index (χ0v) is 15.3. The van der Waals surface area contributed by atoms with Gasteiger partial charge in [-0.3, -0.25) is 0 Å². The first kappa shape index (κ1) is 17.1. The van der Waals surface area contributed by atoms with Crippen molar-refractivity contribution in [1.29, 1.82) is 0 Å². The molecule has 2 nitrogen and oxygen atoms in total. The van der Waals surface area contributed by atoms with E-state index in [4.69, 9.17) is 28.2 Å². The van der Waals surface area contributed by atoms with Crippen LogP contribution in [0.4, 0.5) is 0 Å². The van der Waals surface area contributed by atoms with Crippen molar-refractivity contribution < 1.29 is 0 Å². The van der Waals surface area contributed by atoms with Crippen LogP contribution in [0.2, 0.25) is 10.0 Å². The molecule has 0 aliphatic carbocycles. The van der Waals surface area contributed by atoms with Gasteiger partial charge in [-0.25, -0.2) is 4.98 Å². The third-order valence-corrected chi connectivity index (χ3v) is 5.00. The quantitative estimate of drug-likeness (QED) is 0.598. The lowest BCUT2D eigenvalue weighted by Gasteiger charge is -2.09. The van der Waals surface area contributed by atoms with Crippen LogP contribution in [0.25, 0.3) is 0 Å². The highest BCUT2D eigenvalue weighted by molar-refractivity contribution is 6.42. The number of hydrogen-bond acceptors (Lipinski definition) is 1. The number of aromatic amines is 1. The fraction of sp³-hybridized carbons (Fsp3) is 0.250. The van der Waals surface area contributed by atoms with Crippen molar-refractivity contribution in [2.45, 2.75) is 32.6 Å². The van der Waals surface area contributed by atoms with Crippen molar-refractivity contribution in [3.05, 3.63) is 86.9 Å². The van der Waals surface area contributed by atoms with Gasteiger partial charge >= 0.3 is 0 Å².